The van der Waals surface area contributed by atoms with Crippen LogP contribution in [0.1, 0.15) is 37.4 Å². The van der Waals surface area contributed by atoms with Crippen molar-refractivity contribution in [3.8, 4) is 5.75 Å². The number of esters is 1. The highest BCUT2D eigenvalue weighted by molar-refractivity contribution is 9.10. The number of carbonyl (C=O) groups is 2. The van der Waals surface area contributed by atoms with E-state index in [2.05, 4.69) is 21.0 Å². The number of benzene rings is 2. The molecule has 1 heterocycles. The zero-order valence-corrected chi connectivity index (χ0v) is 17.3. The maximum atomic E-state index is 12.2. The maximum Gasteiger partial charge on any atom is 0.344 e. The molecule has 0 bridgehead atoms. The fourth-order valence-corrected chi connectivity index (χ4v) is 3.51. The lowest BCUT2D eigenvalue weighted by Gasteiger charge is -2.22. The molecule has 0 unspecified atom stereocenters. The van der Waals surface area contributed by atoms with Crippen LogP contribution >= 0.6 is 15.9 Å². The van der Waals surface area contributed by atoms with Crippen LogP contribution < -0.4 is 4.74 Å². The van der Waals surface area contributed by atoms with Gasteiger partial charge in [-0.15, -0.1) is 0 Å². The third kappa shape index (κ3) is 4.59. The van der Waals surface area contributed by atoms with E-state index in [9.17, 15) is 9.59 Å². The summed E-state index contributed by atoms with van der Waals surface area (Å²) in [6.45, 7) is 3.35. The van der Waals surface area contributed by atoms with E-state index in [1.165, 1.54) is 11.9 Å². The first kappa shape index (κ1) is 20.1. The van der Waals surface area contributed by atoms with Gasteiger partial charge in [0, 0.05) is 23.4 Å². The van der Waals surface area contributed by atoms with Gasteiger partial charge in [-0.05, 0) is 30.7 Å². The molecule has 1 aliphatic heterocycles. The van der Waals surface area contributed by atoms with Crippen LogP contribution in [0.15, 0.2) is 58.1 Å². The molecular weight excluding hydrogens is 424 g/mol. The van der Waals surface area contributed by atoms with Gasteiger partial charge in [-0.25, -0.2) is 9.80 Å². The Morgan fingerprint density at radius 2 is 2.00 bits per heavy atom. The predicted octanol–water partition coefficient (Wildman–Crippen LogP) is 4.09. The molecule has 3 rings (SSSR count). The second kappa shape index (κ2) is 9.01. The smallest absolute Gasteiger partial charge is 0.344 e. The number of carbonyl (C=O) groups excluding carboxylic acids is 2. The molecule has 6 nitrogen and oxygen atoms in total. The van der Waals surface area contributed by atoms with Crippen molar-refractivity contribution in [2.75, 3.05) is 13.2 Å². The Hall–Kier alpha value is -2.67. The van der Waals surface area contributed by atoms with E-state index in [1.54, 1.807) is 13.0 Å². The SMILES string of the molecule is CCOC(=O)COc1ccccc1[C@@H]1CC(c2cccc(Br)c2)=NN1C(C)=O. The molecule has 0 fully saturated rings. The van der Waals surface area contributed by atoms with Gasteiger partial charge in [0.05, 0.1) is 18.4 Å². The van der Waals surface area contributed by atoms with Gasteiger partial charge in [-0.2, -0.15) is 5.10 Å². The van der Waals surface area contributed by atoms with Gasteiger partial charge in [0.1, 0.15) is 5.75 Å². The summed E-state index contributed by atoms with van der Waals surface area (Å²) in [7, 11) is 0. The summed E-state index contributed by atoms with van der Waals surface area (Å²) in [5.41, 5.74) is 2.57. The zero-order valence-electron chi connectivity index (χ0n) is 15.7. The van der Waals surface area contributed by atoms with Crippen molar-refractivity contribution in [2.24, 2.45) is 5.10 Å². The van der Waals surface area contributed by atoms with Crippen LogP contribution in [0.3, 0.4) is 0 Å². The van der Waals surface area contributed by atoms with Crippen LogP contribution in [0.5, 0.6) is 5.75 Å². The second-order valence-corrected chi connectivity index (χ2v) is 7.19. The molecule has 28 heavy (non-hydrogen) atoms. The van der Waals surface area contributed by atoms with Crippen LogP contribution in [0, 0.1) is 0 Å². The monoisotopic (exact) mass is 444 g/mol. The Labute approximate surface area is 172 Å². The highest BCUT2D eigenvalue weighted by atomic mass is 79.9. The molecular formula is C21H21BrN2O4. The Bertz CT molecular complexity index is 913. The van der Waals surface area contributed by atoms with Crippen molar-refractivity contribution in [2.45, 2.75) is 26.3 Å². The molecule has 0 spiro atoms. The third-order valence-electron chi connectivity index (χ3n) is 4.32. The molecule has 2 aromatic rings. The molecule has 0 saturated heterocycles. The highest BCUT2D eigenvalue weighted by Crippen LogP contribution is 2.37. The van der Waals surface area contributed by atoms with Crippen molar-refractivity contribution in [3.63, 3.8) is 0 Å². The molecule has 0 radical (unpaired) electrons. The summed E-state index contributed by atoms with van der Waals surface area (Å²) in [6, 6.07) is 14.9. The van der Waals surface area contributed by atoms with Gasteiger partial charge >= 0.3 is 5.97 Å². The van der Waals surface area contributed by atoms with E-state index >= 15 is 0 Å². The Morgan fingerprint density at radius 1 is 1.21 bits per heavy atom. The summed E-state index contributed by atoms with van der Waals surface area (Å²) < 4.78 is 11.5. The van der Waals surface area contributed by atoms with E-state index in [4.69, 9.17) is 9.47 Å². The second-order valence-electron chi connectivity index (χ2n) is 6.27. The van der Waals surface area contributed by atoms with Crippen LogP contribution in [0.25, 0.3) is 0 Å². The van der Waals surface area contributed by atoms with Crippen molar-refractivity contribution in [3.05, 3.63) is 64.1 Å². The van der Waals surface area contributed by atoms with Gasteiger partial charge in [0.15, 0.2) is 6.61 Å². The number of hydrogen-bond donors (Lipinski definition) is 0. The lowest BCUT2D eigenvalue weighted by molar-refractivity contribution is -0.145. The van der Waals surface area contributed by atoms with Crippen molar-refractivity contribution in [1.29, 1.82) is 0 Å². The minimum Gasteiger partial charge on any atom is -0.482 e. The summed E-state index contributed by atoms with van der Waals surface area (Å²) in [4.78, 5) is 23.9. The van der Waals surface area contributed by atoms with E-state index in [0.717, 1.165) is 21.3 Å². The van der Waals surface area contributed by atoms with Crippen molar-refractivity contribution in [1.82, 2.24) is 5.01 Å². The minimum atomic E-state index is -0.432. The fourth-order valence-electron chi connectivity index (χ4n) is 3.11. The van der Waals surface area contributed by atoms with Crippen LogP contribution in [0.2, 0.25) is 0 Å². The molecule has 146 valence electrons. The van der Waals surface area contributed by atoms with Crippen LogP contribution in [0.4, 0.5) is 0 Å². The van der Waals surface area contributed by atoms with Gasteiger partial charge in [0.2, 0.25) is 5.91 Å². The number of halogens is 1. The molecule has 2 aromatic carbocycles. The lowest BCUT2D eigenvalue weighted by Crippen LogP contribution is -2.25. The first-order valence-corrected chi connectivity index (χ1v) is 9.79. The molecule has 0 aromatic heterocycles. The maximum absolute atomic E-state index is 12.2. The lowest BCUT2D eigenvalue weighted by atomic mass is 9.97. The molecule has 1 amide bonds. The number of nitrogens with zero attached hydrogens (tertiary/aromatic N) is 2. The number of rotatable bonds is 6. The van der Waals surface area contributed by atoms with Crippen molar-refractivity contribution < 1.29 is 19.1 Å². The van der Waals surface area contributed by atoms with E-state index in [-0.39, 0.29) is 18.6 Å². The zero-order chi connectivity index (χ0) is 20.1. The minimum absolute atomic E-state index is 0.157. The average Bonchev–Trinajstić information content (AvgIpc) is 3.12. The largest absolute Gasteiger partial charge is 0.482 e. The third-order valence-corrected chi connectivity index (χ3v) is 4.81. The first-order chi connectivity index (χ1) is 13.5. The van der Waals surface area contributed by atoms with Gasteiger partial charge in [0.25, 0.3) is 0 Å². The summed E-state index contributed by atoms with van der Waals surface area (Å²) >= 11 is 3.47. The van der Waals surface area contributed by atoms with E-state index in [1.807, 2.05) is 42.5 Å². The van der Waals surface area contributed by atoms with E-state index < -0.39 is 5.97 Å². The number of hydrogen-bond acceptors (Lipinski definition) is 5. The normalized spacial score (nSPS) is 15.9. The van der Waals surface area contributed by atoms with Crippen LogP contribution in [-0.4, -0.2) is 35.8 Å². The van der Waals surface area contributed by atoms with Crippen molar-refractivity contribution >= 4 is 33.5 Å². The molecule has 0 N–H and O–H groups in total. The quantitative estimate of drug-likeness (QED) is 0.629. The van der Waals surface area contributed by atoms with Gasteiger partial charge < -0.3 is 9.47 Å². The Kier molecular flexibility index (Phi) is 6.46. The average molecular weight is 445 g/mol. The molecule has 1 aliphatic rings. The number of hydrazone groups is 1. The predicted molar refractivity (Wildman–Crippen MR) is 109 cm³/mol. The van der Waals surface area contributed by atoms with E-state index in [0.29, 0.717) is 18.8 Å². The number of ether oxygens (including phenoxy) is 2. The molecule has 1 atom stereocenters. The van der Waals surface area contributed by atoms with Gasteiger partial charge in [-0.1, -0.05) is 46.3 Å². The standard InChI is InChI=1S/C21H21BrN2O4/c1-3-27-21(26)13-28-20-10-5-4-9-17(20)19-12-18(23-24(19)14(2)25)15-7-6-8-16(22)11-15/h4-11,19H,3,12-13H2,1-2H3/t19-/m0/s1. The molecule has 7 heteroatoms. The summed E-state index contributed by atoms with van der Waals surface area (Å²) in [5, 5.41) is 6.03. The first-order valence-electron chi connectivity index (χ1n) is 9.00. The summed E-state index contributed by atoms with van der Waals surface area (Å²) in [5.74, 6) is -0.0501. The Morgan fingerprint density at radius 3 is 2.71 bits per heavy atom. The highest BCUT2D eigenvalue weighted by Gasteiger charge is 2.33. The molecule has 0 aliphatic carbocycles. The topological polar surface area (TPSA) is 68.2 Å². The number of amides is 1. The van der Waals surface area contributed by atoms with Crippen LogP contribution in [-0.2, 0) is 14.3 Å². The van der Waals surface area contributed by atoms with Gasteiger partial charge in [-0.3, -0.25) is 4.79 Å². The Balaban J connectivity index is 1.87. The number of para-hydroxylation sites is 1. The molecule has 0 saturated carbocycles. The summed E-state index contributed by atoms with van der Waals surface area (Å²) in [6.07, 6.45) is 0.551. The fraction of sp³-hybridized carbons (Fsp3) is 0.286.